The fourth-order valence-electron chi connectivity index (χ4n) is 1.18. The minimum absolute atomic E-state index is 0.0488. The maximum atomic E-state index is 11.7. The molecule has 5 heteroatoms. The zero-order valence-corrected chi connectivity index (χ0v) is 10.9. The Morgan fingerprint density at radius 1 is 1.57 bits per heavy atom. The van der Waals surface area contributed by atoms with E-state index < -0.39 is 0 Å². The van der Waals surface area contributed by atoms with Crippen molar-refractivity contribution in [1.29, 1.82) is 0 Å². The number of aromatic nitrogens is 2. The molecule has 0 N–H and O–H groups in total. The largest absolute Gasteiger partial charge is 0.296 e. The van der Waals surface area contributed by atoms with E-state index in [4.69, 9.17) is 11.6 Å². The maximum absolute atomic E-state index is 11.7. The highest BCUT2D eigenvalue weighted by molar-refractivity contribution is 14.1. The first-order valence-electron chi connectivity index (χ1n) is 4.44. The van der Waals surface area contributed by atoms with Crippen molar-refractivity contribution in [3.63, 3.8) is 0 Å². The van der Waals surface area contributed by atoms with Gasteiger partial charge in [0.15, 0.2) is 0 Å². The van der Waals surface area contributed by atoms with Gasteiger partial charge in [0.2, 0.25) is 0 Å². The zero-order chi connectivity index (χ0) is 10.6. The van der Waals surface area contributed by atoms with Gasteiger partial charge in [0, 0.05) is 18.6 Å². The molecule has 14 heavy (non-hydrogen) atoms. The number of hydrogen-bond donors (Lipinski definition) is 0. The summed E-state index contributed by atoms with van der Waals surface area (Å²) in [5.41, 5.74) is 0.0488. The monoisotopic (exact) mass is 326 g/mol. The molecule has 0 spiro atoms. The van der Waals surface area contributed by atoms with Gasteiger partial charge in [-0.15, -0.1) is 11.6 Å². The molecule has 0 aliphatic rings. The number of aryl methyl sites for hydroxylation is 1. The molecule has 0 atom stereocenters. The predicted molar refractivity (Wildman–Crippen MR) is 65.9 cm³/mol. The molecule has 1 aromatic heterocycles. The van der Waals surface area contributed by atoms with Gasteiger partial charge < -0.3 is 0 Å². The first-order valence-corrected chi connectivity index (χ1v) is 6.06. The van der Waals surface area contributed by atoms with Crippen LogP contribution in [0.1, 0.15) is 18.7 Å². The minimum atomic E-state index is 0.0488. The number of unbranched alkanes of at least 4 members (excludes halogenated alkanes) is 1. The van der Waals surface area contributed by atoms with Gasteiger partial charge in [0.25, 0.3) is 5.56 Å². The van der Waals surface area contributed by atoms with Gasteiger partial charge in [-0.25, -0.2) is 4.98 Å². The Morgan fingerprint density at radius 2 is 2.29 bits per heavy atom. The summed E-state index contributed by atoms with van der Waals surface area (Å²) in [5, 5.41) is 0. The maximum Gasteiger partial charge on any atom is 0.266 e. The number of rotatable bonds is 4. The molecule has 1 aromatic rings. The van der Waals surface area contributed by atoms with Crippen LogP contribution in [0.25, 0.3) is 0 Å². The Labute approximate surface area is 102 Å². The van der Waals surface area contributed by atoms with E-state index in [1.165, 1.54) is 0 Å². The highest BCUT2D eigenvalue weighted by Gasteiger charge is 2.04. The topological polar surface area (TPSA) is 34.9 Å². The molecule has 1 rings (SSSR count). The standard InChI is InChI=1S/C9H12ClIN2O/c1-7-12-6-8(11)9(14)13(7)5-3-2-4-10/h6H,2-5H2,1H3. The van der Waals surface area contributed by atoms with Crippen molar-refractivity contribution in [3.8, 4) is 0 Å². The molecule has 0 aliphatic carbocycles. The number of halogens is 2. The fraction of sp³-hybridized carbons (Fsp3) is 0.556. The van der Waals surface area contributed by atoms with Crippen LogP contribution in [0.4, 0.5) is 0 Å². The van der Waals surface area contributed by atoms with Crippen LogP contribution in [-0.2, 0) is 6.54 Å². The van der Waals surface area contributed by atoms with Crippen LogP contribution in [0.15, 0.2) is 11.0 Å². The van der Waals surface area contributed by atoms with Gasteiger partial charge >= 0.3 is 0 Å². The Balaban J connectivity index is 2.84. The van der Waals surface area contributed by atoms with Gasteiger partial charge in [-0.1, -0.05) is 0 Å². The molecule has 1 heterocycles. The predicted octanol–water partition coefficient (Wildman–Crippen LogP) is 2.18. The van der Waals surface area contributed by atoms with Crippen molar-refractivity contribution in [2.75, 3.05) is 5.88 Å². The van der Waals surface area contributed by atoms with E-state index in [2.05, 4.69) is 4.98 Å². The first kappa shape index (κ1) is 12.0. The van der Waals surface area contributed by atoms with Gasteiger partial charge in [-0.05, 0) is 42.4 Å². The van der Waals surface area contributed by atoms with Gasteiger partial charge in [0.05, 0.1) is 3.57 Å². The Morgan fingerprint density at radius 3 is 2.93 bits per heavy atom. The molecule has 0 saturated carbocycles. The van der Waals surface area contributed by atoms with Gasteiger partial charge in [-0.3, -0.25) is 9.36 Å². The smallest absolute Gasteiger partial charge is 0.266 e. The average Bonchev–Trinajstić information content (AvgIpc) is 2.18. The van der Waals surface area contributed by atoms with Crippen molar-refractivity contribution < 1.29 is 0 Å². The number of hydrogen-bond acceptors (Lipinski definition) is 2. The van der Waals surface area contributed by atoms with Gasteiger partial charge in [0.1, 0.15) is 5.82 Å². The molecule has 0 radical (unpaired) electrons. The van der Waals surface area contributed by atoms with Crippen LogP contribution in [0, 0.1) is 10.5 Å². The Hall–Kier alpha value is -0.100. The van der Waals surface area contributed by atoms with E-state index in [0.717, 1.165) is 18.7 Å². The summed E-state index contributed by atoms with van der Waals surface area (Å²) in [5.74, 6) is 1.41. The van der Waals surface area contributed by atoms with E-state index in [-0.39, 0.29) is 5.56 Å². The highest BCUT2D eigenvalue weighted by atomic mass is 127. The number of nitrogens with zero attached hydrogens (tertiary/aromatic N) is 2. The molecule has 3 nitrogen and oxygen atoms in total. The lowest BCUT2D eigenvalue weighted by Gasteiger charge is -2.08. The van der Waals surface area contributed by atoms with E-state index in [1.54, 1.807) is 10.8 Å². The third-order valence-corrected chi connectivity index (χ3v) is 2.98. The Kier molecular flexibility index (Phi) is 4.88. The second-order valence-electron chi connectivity index (χ2n) is 3.01. The second-order valence-corrected chi connectivity index (χ2v) is 4.55. The van der Waals surface area contributed by atoms with Crippen LogP contribution >= 0.6 is 34.2 Å². The first-order chi connectivity index (χ1) is 6.66. The average molecular weight is 327 g/mol. The van der Waals surface area contributed by atoms with E-state index in [1.807, 2.05) is 29.5 Å². The highest BCUT2D eigenvalue weighted by Crippen LogP contribution is 2.00. The summed E-state index contributed by atoms with van der Waals surface area (Å²) in [6.45, 7) is 2.55. The zero-order valence-electron chi connectivity index (χ0n) is 7.96. The van der Waals surface area contributed by atoms with Crippen molar-refractivity contribution in [1.82, 2.24) is 9.55 Å². The summed E-state index contributed by atoms with van der Waals surface area (Å²) >= 11 is 7.58. The SMILES string of the molecule is Cc1ncc(I)c(=O)n1CCCCCl. The third-order valence-electron chi connectivity index (χ3n) is 1.97. The summed E-state index contributed by atoms with van der Waals surface area (Å²) in [6.07, 6.45) is 3.46. The molecule has 0 fully saturated rings. The molecule has 0 amide bonds. The molecular weight excluding hydrogens is 314 g/mol. The molecule has 0 aliphatic heterocycles. The lowest BCUT2D eigenvalue weighted by molar-refractivity contribution is 0.584. The molecular formula is C9H12ClIN2O. The molecule has 0 bridgehead atoms. The van der Waals surface area contributed by atoms with Crippen molar-refractivity contribution in [2.24, 2.45) is 0 Å². The minimum Gasteiger partial charge on any atom is -0.296 e. The van der Waals surface area contributed by atoms with Crippen LogP contribution in [0.3, 0.4) is 0 Å². The van der Waals surface area contributed by atoms with Gasteiger partial charge in [-0.2, -0.15) is 0 Å². The summed E-state index contributed by atoms with van der Waals surface area (Å²) < 4.78 is 2.37. The molecule has 78 valence electrons. The normalized spacial score (nSPS) is 10.5. The lowest BCUT2D eigenvalue weighted by Crippen LogP contribution is -2.25. The van der Waals surface area contributed by atoms with Crippen LogP contribution in [0.5, 0.6) is 0 Å². The summed E-state index contributed by atoms with van der Waals surface area (Å²) in [7, 11) is 0. The summed E-state index contributed by atoms with van der Waals surface area (Å²) in [4.78, 5) is 15.8. The van der Waals surface area contributed by atoms with Crippen LogP contribution < -0.4 is 5.56 Å². The van der Waals surface area contributed by atoms with E-state index >= 15 is 0 Å². The number of alkyl halides is 1. The summed E-state index contributed by atoms with van der Waals surface area (Å²) in [6, 6.07) is 0. The van der Waals surface area contributed by atoms with E-state index in [9.17, 15) is 4.79 Å². The molecule has 0 aromatic carbocycles. The molecule has 0 saturated heterocycles. The van der Waals surface area contributed by atoms with Crippen molar-refractivity contribution in [3.05, 3.63) is 25.9 Å². The lowest BCUT2D eigenvalue weighted by atomic mass is 10.3. The second kappa shape index (κ2) is 5.70. The van der Waals surface area contributed by atoms with Crippen LogP contribution in [0.2, 0.25) is 0 Å². The van der Waals surface area contributed by atoms with Crippen LogP contribution in [-0.4, -0.2) is 15.4 Å². The quantitative estimate of drug-likeness (QED) is 0.483. The van der Waals surface area contributed by atoms with E-state index in [0.29, 0.717) is 16.0 Å². The van der Waals surface area contributed by atoms with Crippen molar-refractivity contribution in [2.45, 2.75) is 26.3 Å². The third kappa shape index (κ3) is 2.95. The van der Waals surface area contributed by atoms with Crippen molar-refractivity contribution >= 4 is 34.2 Å². The Bertz CT molecular complexity index is 364. The molecule has 0 unspecified atom stereocenters. The fourth-order valence-corrected chi connectivity index (χ4v) is 1.80.